The van der Waals surface area contributed by atoms with Crippen molar-refractivity contribution in [2.24, 2.45) is 0 Å². The molecule has 3 rings (SSSR count). The van der Waals surface area contributed by atoms with Crippen molar-refractivity contribution < 1.29 is 4.79 Å². The number of carbonyl (C=O) groups excluding carboxylic acids is 1. The Labute approximate surface area is 134 Å². The van der Waals surface area contributed by atoms with Crippen LogP contribution in [0.1, 0.15) is 30.3 Å². The molecule has 0 bridgehead atoms. The summed E-state index contributed by atoms with van der Waals surface area (Å²) in [4.78, 5) is 22.8. The lowest BCUT2D eigenvalue weighted by Gasteiger charge is -2.32. The van der Waals surface area contributed by atoms with E-state index in [-0.39, 0.29) is 5.91 Å². The van der Waals surface area contributed by atoms with Crippen molar-refractivity contribution in [1.29, 1.82) is 0 Å². The molecule has 1 fully saturated rings. The molecule has 0 N–H and O–H groups in total. The number of halogens is 1. The van der Waals surface area contributed by atoms with Gasteiger partial charge in [0.25, 0.3) is 0 Å². The second kappa shape index (κ2) is 6.48. The summed E-state index contributed by atoms with van der Waals surface area (Å²) in [6.45, 7) is 3.78. The van der Waals surface area contributed by atoms with Gasteiger partial charge < -0.3 is 9.47 Å². The zero-order valence-electron chi connectivity index (χ0n) is 12.6. The average molecular weight is 319 g/mol. The minimum Gasteiger partial charge on any atom is -0.341 e. The number of piperidine rings is 1. The van der Waals surface area contributed by atoms with Crippen molar-refractivity contribution in [2.45, 2.75) is 32.2 Å². The molecular weight excluding hydrogens is 300 g/mol. The average Bonchev–Trinajstić information content (AvgIpc) is 2.93. The van der Waals surface area contributed by atoms with Crippen LogP contribution in [-0.2, 0) is 11.3 Å². The number of aromatic nitrogens is 3. The van der Waals surface area contributed by atoms with Crippen molar-refractivity contribution >= 4 is 17.5 Å². The molecule has 2 aromatic rings. The van der Waals surface area contributed by atoms with Crippen LogP contribution < -0.4 is 0 Å². The highest BCUT2D eigenvalue weighted by Gasteiger charge is 2.25. The van der Waals surface area contributed by atoms with Gasteiger partial charge in [0.15, 0.2) is 0 Å². The third kappa shape index (κ3) is 3.14. The van der Waals surface area contributed by atoms with Gasteiger partial charge in [0.1, 0.15) is 12.4 Å². The highest BCUT2D eigenvalue weighted by molar-refractivity contribution is 6.31. The van der Waals surface area contributed by atoms with Gasteiger partial charge in [0.05, 0.1) is 10.7 Å². The van der Waals surface area contributed by atoms with Crippen molar-refractivity contribution in [1.82, 2.24) is 19.4 Å². The zero-order valence-corrected chi connectivity index (χ0v) is 13.3. The van der Waals surface area contributed by atoms with E-state index >= 15 is 0 Å². The summed E-state index contributed by atoms with van der Waals surface area (Å²) < 4.78 is 1.88. The minimum atomic E-state index is 0.145. The van der Waals surface area contributed by atoms with Gasteiger partial charge >= 0.3 is 0 Å². The molecule has 3 heterocycles. The number of rotatable bonds is 3. The van der Waals surface area contributed by atoms with E-state index in [0.29, 0.717) is 12.5 Å². The third-order valence-corrected chi connectivity index (χ3v) is 4.57. The van der Waals surface area contributed by atoms with Crippen molar-refractivity contribution in [3.8, 4) is 0 Å². The van der Waals surface area contributed by atoms with E-state index in [9.17, 15) is 4.79 Å². The Morgan fingerprint density at radius 3 is 2.73 bits per heavy atom. The normalized spacial score (nSPS) is 16.0. The van der Waals surface area contributed by atoms with E-state index in [2.05, 4.69) is 9.97 Å². The predicted molar refractivity (Wildman–Crippen MR) is 84.8 cm³/mol. The first kappa shape index (κ1) is 15.0. The number of likely N-dealkylation sites (tertiary alicyclic amines) is 1. The molecule has 1 aliphatic heterocycles. The lowest BCUT2D eigenvalue weighted by molar-refractivity contribution is -0.132. The fourth-order valence-electron chi connectivity index (χ4n) is 2.92. The van der Waals surface area contributed by atoms with Gasteiger partial charge in [-0.25, -0.2) is 4.98 Å². The van der Waals surface area contributed by atoms with Crippen LogP contribution in [0.5, 0.6) is 0 Å². The highest BCUT2D eigenvalue weighted by Crippen LogP contribution is 2.31. The fourth-order valence-corrected chi connectivity index (χ4v) is 3.19. The Kier molecular flexibility index (Phi) is 4.43. The van der Waals surface area contributed by atoms with E-state index in [0.717, 1.165) is 42.5 Å². The van der Waals surface area contributed by atoms with Crippen LogP contribution in [-0.4, -0.2) is 38.4 Å². The maximum absolute atomic E-state index is 12.4. The third-order valence-electron chi connectivity index (χ3n) is 4.25. The molecular formula is C16H19ClN4O. The second-order valence-electron chi connectivity index (χ2n) is 5.63. The molecule has 116 valence electrons. The number of aryl methyl sites for hydroxylation is 1. The minimum absolute atomic E-state index is 0.145. The summed E-state index contributed by atoms with van der Waals surface area (Å²) in [5.41, 5.74) is 0.960. The van der Waals surface area contributed by atoms with Gasteiger partial charge in [-0.3, -0.25) is 9.78 Å². The maximum atomic E-state index is 12.4. The van der Waals surface area contributed by atoms with Crippen molar-refractivity contribution in [3.63, 3.8) is 0 Å². The van der Waals surface area contributed by atoms with Gasteiger partial charge in [-0.1, -0.05) is 11.6 Å². The molecule has 22 heavy (non-hydrogen) atoms. The summed E-state index contributed by atoms with van der Waals surface area (Å²) in [6.07, 6.45) is 7.16. The SMILES string of the molecule is Cc1nccn1CC(=O)N1CCC(c2ncccc2Cl)CC1. The topological polar surface area (TPSA) is 51.0 Å². The predicted octanol–water partition coefficient (Wildman–Crippen LogP) is 2.65. The molecule has 0 radical (unpaired) electrons. The number of hydrogen-bond acceptors (Lipinski definition) is 3. The van der Waals surface area contributed by atoms with Crippen LogP contribution in [0.25, 0.3) is 0 Å². The molecule has 0 aliphatic carbocycles. The second-order valence-corrected chi connectivity index (χ2v) is 6.04. The fraction of sp³-hybridized carbons (Fsp3) is 0.438. The van der Waals surface area contributed by atoms with Crippen molar-refractivity contribution in [2.75, 3.05) is 13.1 Å². The lowest BCUT2D eigenvalue weighted by atomic mass is 9.93. The Hall–Kier alpha value is -1.88. The molecule has 0 aromatic carbocycles. The first-order chi connectivity index (χ1) is 10.6. The summed E-state index contributed by atoms with van der Waals surface area (Å²) in [6, 6.07) is 3.72. The van der Waals surface area contributed by atoms with E-state index in [1.54, 1.807) is 12.4 Å². The number of pyridine rings is 1. The Balaban J connectivity index is 1.59. The van der Waals surface area contributed by atoms with Gasteiger partial charge in [0.2, 0.25) is 5.91 Å². The van der Waals surface area contributed by atoms with Crippen LogP contribution in [0.2, 0.25) is 5.02 Å². The van der Waals surface area contributed by atoms with Crippen LogP contribution in [0.3, 0.4) is 0 Å². The van der Waals surface area contributed by atoms with E-state index < -0.39 is 0 Å². The van der Waals surface area contributed by atoms with E-state index in [4.69, 9.17) is 11.6 Å². The Bertz CT molecular complexity index is 662. The number of nitrogens with zero attached hydrogens (tertiary/aromatic N) is 4. The van der Waals surface area contributed by atoms with E-state index in [1.807, 2.05) is 34.7 Å². The summed E-state index contributed by atoms with van der Waals surface area (Å²) in [7, 11) is 0. The largest absolute Gasteiger partial charge is 0.341 e. The first-order valence-corrected chi connectivity index (χ1v) is 7.89. The van der Waals surface area contributed by atoms with Crippen LogP contribution >= 0.6 is 11.6 Å². The van der Waals surface area contributed by atoms with Gasteiger partial charge in [-0.2, -0.15) is 0 Å². The maximum Gasteiger partial charge on any atom is 0.242 e. The quantitative estimate of drug-likeness (QED) is 0.874. The van der Waals surface area contributed by atoms with Gasteiger partial charge in [-0.05, 0) is 31.9 Å². The molecule has 6 heteroatoms. The monoisotopic (exact) mass is 318 g/mol. The number of amides is 1. The van der Waals surface area contributed by atoms with Gasteiger partial charge in [0, 0.05) is 37.6 Å². The molecule has 0 saturated carbocycles. The molecule has 1 saturated heterocycles. The molecule has 2 aromatic heterocycles. The first-order valence-electron chi connectivity index (χ1n) is 7.51. The smallest absolute Gasteiger partial charge is 0.242 e. The molecule has 0 atom stereocenters. The molecule has 0 unspecified atom stereocenters. The van der Waals surface area contributed by atoms with Gasteiger partial charge in [-0.15, -0.1) is 0 Å². The van der Waals surface area contributed by atoms with Crippen molar-refractivity contribution in [3.05, 3.63) is 47.3 Å². The van der Waals surface area contributed by atoms with Crippen LogP contribution in [0, 0.1) is 6.92 Å². The zero-order chi connectivity index (χ0) is 15.5. The number of carbonyl (C=O) groups is 1. The highest BCUT2D eigenvalue weighted by atomic mass is 35.5. The van der Waals surface area contributed by atoms with E-state index in [1.165, 1.54) is 0 Å². The summed E-state index contributed by atoms with van der Waals surface area (Å²) in [5.74, 6) is 1.35. The number of hydrogen-bond donors (Lipinski definition) is 0. The van der Waals surface area contributed by atoms with Crippen LogP contribution in [0.4, 0.5) is 0 Å². The Morgan fingerprint density at radius 1 is 1.32 bits per heavy atom. The molecule has 0 spiro atoms. The number of imidazole rings is 1. The Morgan fingerprint density at radius 2 is 2.09 bits per heavy atom. The molecule has 5 nitrogen and oxygen atoms in total. The summed E-state index contributed by atoms with van der Waals surface area (Å²) >= 11 is 6.22. The molecule has 1 amide bonds. The molecule has 1 aliphatic rings. The summed E-state index contributed by atoms with van der Waals surface area (Å²) in [5, 5.41) is 0.723. The standard InChI is InChI=1S/C16H19ClN4O/c1-12-18-7-10-21(12)11-15(22)20-8-4-13(5-9-20)16-14(17)3-2-6-19-16/h2-3,6-7,10,13H,4-5,8-9,11H2,1H3. The lowest BCUT2D eigenvalue weighted by Crippen LogP contribution is -2.40. The van der Waals surface area contributed by atoms with Crippen LogP contribution in [0.15, 0.2) is 30.7 Å².